The molecule has 2 fully saturated rings. The maximum absolute atomic E-state index is 12.6. The van der Waals surface area contributed by atoms with Crippen molar-refractivity contribution in [3.8, 4) is 0 Å². The first-order valence-corrected chi connectivity index (χ1v) is 10.8. The lowest BCUT2D eigenvalue weighted by molar-refractivity contribution is -0.147. The normalized spacial score (nSPS) is 20.7. The Morgan fingerprint density at radius 1 is 1.15 bits per heavy atom. The molecule has 1 aromatic heterocycles. The van der Waals surface area contributed by atoms with Crippen molar-refractivity contribution in [2.45, 2.75) is 45.6 Å². The largest absolute Gasteiger partial charge is 0.335 e. The third-order valence-corrected chi connectivity index (χ3v) is 7.15. The molecule has 0 aromatic carbocycles. The molecule has 0 radical (unpaired) electrons. The molecule has 0 saturated carbocycles. The van der Waals surface area contributed by atoms with Gasteiger partial charge in [-0.1, -0.05) is 0 Å². The van der Waals surface area contributed by atoms with E-state index in [2.05, 4.69) is 9.55 Å². The molecule has 2 amide bonds. The van der Waals surface area contributed by atoms with Gasteiger partial charge in [-0.15, -0.1) is 0 Å². The minimum atomic E-state index is -3.46. The van der Waals surface area contributed by atoms with Gasteiger partial charge in [0.05, 0.1) is 5.75 Å². The molecular formula is C17H26N4O4S. The van der Waals surface area contributed by atoms with E-state index in [4.69, 9.17) is 0 Å². The molecule has 2 saturated heterocycles. The summed E-state index contributed by atoms with van der Waals surface area (Å²) >= 11 is 0. The molecule has 0 aliphatic carbocycles. The number of carbonyl (C=O) groups is 2. The highest BCUT2D eigenvalue weighted by Gasteiger charge is 2.31. The number of imide groups is 1. The molecule has 2 aliphatic rings. The van der Waals surface area contributed by atoms with Gasteiger partial charge < -0.3 is 4.57 Å². The summed E-state index contributed by atoms with van der Waals surface area (Å²) in [5, 5.41) is 0. The number of aryl methyl sites for hydroxylation is 1. The van der Waals surface area contributed by atoms with Crippen molar-refractivity contribution in [1.82, 2.24) is 18.8 Å². The topological polar surface area (TPSA) is 92.6 Å². The number of amides is 2. The fourth-order valence-corrected chi connectivity index (χ4v) is 5.07. The number of nitrogens with zero attached hydrogens (tertiary/aromatic N) is 4. The van der Waals surface area contributed by atoms with Gasteiger partial charge in [0.25, 0.3) is 0 Å². The molecule has 0 spiro atoms. The molecule has 8 nitrogen and oxygen atoms in total. The van der Waals surface area contributed by atoms with E-state index in [9.17, 15) is 18.0 Å². The molecule has 3 rings (SSSR count). The van der Waals surface area contributed by atoms with Crippen LogP contribution in [-0.2, 0) is 26.2 Å². The second kappa shape index (κ2) is 7.87. The first-order valence-electron chi connectivity index (χ1n) is 9.15. The van der Waals surface area contributed by atoms with Crippen LogP contribution in [0.5, 0.6) is 0 Å². The average molecular weight is 382 g/mol. The molecule has 0 N–H and O–H groups in total. The summed E-state index contributed by atoms with van der Waals surface area (Å²) in [7, 11) is -3.46. The Hall–Kier alpha value is -1.74. The van der Waals surface area contributed by atoms with Gasteiger partial charge in [0.15, 0.2) is 0 Å². The maximum atomic E-state index is 12.6. The molecule has 3 heterocycles. The second-order valence-corrected chi connectivity index (χ2v) is 9.17. The van der Waals surface area contributed by atoms with E-state index in [1.54, 1.807) is 6.20 Å². The zero-order chi connectivity index (χ0) is 18.7. The van der Waals surface area contributed by atoms with Crippen molar-refractivity contribution in [2.75, 3.05) is 25.4 Å². The lowest BCUT2D eigenvalue weighted by atomic mass is 9.98. The summed E-state index contributed by atoms with van der Waals surface area (Å²) < 4.78 is 28.8. The van der Waals surface area contributed by atoms with Crippen LogP contribution < -0.4 is 0 Å². The average Bonchev–Trinajstić information content (AvgIpc) is 3.00. The Morgan fingerprint density at radius 3 is 2.38 bits per heavy atom. The summed E-state index contributed by atoms with van der Waals surface area (Å²) in [4.78, 5) is 28.9. The number of piperidine rings is 2. The smallest absolute Gasteiger partial charge is 0.229 e. The first kappa shape index (κ1) is 19.0. The standard InChI is InChI=1S/C17H26N4O4S/c1-14-18-7-10-19(14)13-15-5-8-20(9-6-15)26(24,25)12-11-21-16(22)3-2-4-17(21)23/h7,10,15H,2-6,8-9,11-13H2,1H3. The van der Waals surface area contributed by atoms with E-state index in [-0.39, 0.29) is 24.1 Å². The van der Waals surface area contributed by atoms with Crippen molar-refractivity contribution in [3.05, 3.63) is 18.2 Å². The van der Waals surface area contributed by atoms with Crippen LogP contribution >= 0.6 is 0 Å². The third kappa shape index (κ3) is 4.32. The molecule has 144 valence electrons. The van der Waals surface area contributed by atoms with Crippen molar-refractivity contribution in [1.29, 1.82) is 0 Å². The van der Waals surface area contributed by atoms with Crippen LogP contribution in [0.25, 0.3) is 0 Å². The molecule has 1 aromatic rings. The Morgan fingerprint density at radius 2 is 1.81 bits per heavy atom. The maximum Gasteiger partial charge on any atom is 0.229 e. The van der Waals surface area contributed by atoms with Crippen molar-refractivity contribution in [2.24, 2.45) is 5.92 Å². The van der Waals surface area contributed by atoms with E-state index in [1.165, 1.54) is 4.31 Å². The molecule has 0 bridgehead atoms. The summed E-state index contributed by atoms with van der Waals surface area (Å²) in [6.07, 6.45) is 6.54. The van der Waals surface area contributed by atoms with Gasteiger partial charge >= 0.3 is 0 Å². The van der Waals surface area contributed by atoms with Crippen LogP contribution in [0.4, 0.5) is 0 Å². The van der Waals surface area contributed by atoms with E-state index in [1.807, 2.05) is 13.1 Å². The van der Waals surface area contributed by atoms with Crippen molar-refractivity contribution >= 4 is 21.8 Å². The van der Waals surface area contributed by atoms with Gasteiger partial charge in [-0.3, -0.25) is 14.5 Å². The van der Waals surface area contributed by atoms with Crippen LogP contribution in [0.3, 0.4) is 0 Å². The summed E-state index contributed by atoms with van der Waals surface area (Å²) in [5.41, 5.74) is 0. The minimum absolute atomic E-state index is 0.0336. The molecule has 26 heavy (non-hydrogen) atoms. The second-order valence-electron chi connectivity index (χ2n) is 7.08. The summed E-state index contributed by atoms with van der Waals surface area (Å²) in [5.74, 6) is 0.697. The molecular weight excluding hydrogens is 356 g/mol. The molecule has 0 unspecified atom stereocenters. The SMILES string of the molecule is Cc1nccn1CC1CCN(S(=O)(=O)CCN2C(=O)CCCC2=O)CC1. The highest BCUT2D eigenvalue weighted by atomic mass is 32.2. The fraction of sp³-hybridized carbons (Fsp3) is 0.706. The molecule has 2 aliphatic heterocycles. The zero-order valence-corrected chi connectivity index (χ0v) is 15.9. The predicted octanol–water partition coefficient (Wildman–Crippen LogP) is 0.772. The lowest BCUT2D eigenvalue weighted by Gasteiger charge is -2.32. The monoisotopic (exact) mass is 382 g/mol. The Labute approximate surface area is 154 Å². The van der Waals surface area contributed by atoms with Crippen molar-refractivity contribution < 1.29 is 18.0 Å². The van der Waals surface area contributed by atoms with Crippen LogP contribution in [0, 0.1) is 12.8 Å². The van der Waals surface area contributed by atoms with Crippen LogP contribution in [0.1, 0.15) is 37.9 Å². The third-order valence-electron chi connectivity index (χ3n) is 5.30. The fourth-order valence-electron chi connectivity index (χ4n) is 3.63. The number of hydrogen-bond donors (Lipinski definition) is 0. The first-order chi connectivity index (χ1) is 12.4. The van der Waals surface area contributed by atoms with E-state index in [0.717, 1.165) is 30.1 Å². The number of rotatable bonds is 6. The minimum Gasteiger partial charge on any atom is -0.335 e. The van der Waals surface area contributed by atoms with Gasteiger partial charge in [0.1, 0.15) is 5.82 Å². The lowest BCUT2D eigenvalue weighted by Crippen LogP contribution is -2.46. The van der Waals surface area contributed by atoms with E-state index >= 15 is 0 Å². The molecule has 0 atom stereocenters. The number of aromatic nitrogens is 2. The Kier molecular flexibility index (Phi) is 5.76. The van der Waals surface area contributed by atoms with Gasteiger partial charge in [0.2, 0.25) is 21.8 Å². The van der Waals surface area contributed by atoms with Gasteiger partial charge in [-0.2, -0.15) is 0 Å². The number of sulfonamides is 1. The summed E-state index contributed by atoms with van der Waals surface area (Å²) in [6.45, 7) is 3.76. The van der Waals surface area contributed by atoms with Gasteiger partial charge in [-0.25, -0.2) is 17.7 Å². The molecule has 9 heteroatoms. The zero-order valence-electron chi connectivity index (χ0n) is 15.1. The predicted molar refractivity (Wildman–Crippen MR) is 95.6 cm³/mol. The quantitative estimate of drug-likeness (QED) is 0.678. The number of hydrogen-bond acceptors (Lipinski definition) is 5. The Balaban J connectivity index is 1.50. The van der Waals surface area contributed by atoms with Crippen LogP contribution in [0.2, 0.25) is 0 Å². The van der Waals surface area contributed by atoms with Crippen molar-refractivity contribution in [3.63, 3.8) is 0 Å². The van der Waals surface area contributed by atoms with Crippen LogP contribution in [0.15, 0.2) is 12.4 Å². The van der Waals surface area contributed by atoms with E-state index in [0.29, 0.717) is 38.3 Å². The number of imidazole rings is 1. The Bertz CT molecular complexity index is 749. The highest BCUT2D eigenvalue weighted by molar-refractivity contribution is 7.89. The number of carbonyl (C=O) groups excluding carboxylic acids is 2. The summed E-state index contributed by atoms with van der Waals surface area (Å²) in [6, 6.07) is 0. The number of likely N-dealkylation sites (tertiary alicyclic amines) is 1. The van der Waals surface area contributed by atoms with Crippen LogP contribution in [-0.4, -0.2) is 64.4 Å². The van der Waals surface area contributed by atoms with E-state index < -0.39 is 10.0 Å². The highest BCUT2D eigenvalue weighted by Crippen LogP contribution is 2.22. The van der Waals surface area contributed by atoms with Gasteiger partial charge in [-0.05, 0) is 32.1 Å². The van der Waals surface area contributed by atoms with Gasteiger partial charge in [0, 0.05) is 51.4 Å².